The molecule has 1 aromatic heterocycles. The number of aliphatic hydroxyl groups is 1. The molecule has 0 radical (unpaired) electrons. The van der Waals surface area contributed by atoms with E-state index in [-0.39, 0.29) is 12.5 Å². The topological polar surface area (TPSA) is 82.2 Å². The Balaban J connectivity index is 2.58. The van der Waals surface area contributed by atoms with Gasteiger partial charge in [0.25, 0.3) is 5.91 Å². The quantitative estimate of drug-likeness (QED) is 0.649. The Hall–Kier alpha value is -1.62. The van der Waals surface area contributed by atoms with Crippen LogP contribution in [-0.4, -0.2) is 34.4 Å². The van der Waals surface area contributed by atoms with E-state index in [0.717, 1.165) is 0 Å². The van der Waals surface area contributed by atoms with Crippen LogP contribution in [0.2, 0.25) is 0 Å². The fraction of sp³-hybridized carbons (Fsp3) is 0.500. The molecular weight excluding hydrogens is 220 g/mol. The van der Waals surface area contributed by atoms with Crippen LogP contribution in [0.25, 0.3) is 0 Å². The molecule has 0 aliphatic carbocycles. The first-order chi connectivity index (χ1) is 8.04. The van der Waals surface area contributed by atoms with E-state index in [1.807, 2.05) is 13.8 Å². The highest BCUT2D eigenvalue weighted by Crippen LogP contribution is 2.13. The molecule has 0 atom stereocenters. The van der Waals surface area contributed by atoms with Crippen molar-refractivity contribution in [1.29, 1.82) is 0 Å². The number of carbonyl (C=O) groups excluding carboxylic acids is 2. The Morgan fingerprint density at radius 1 is 1.47 bits per heavy atom. The predicted octanol–water partition coefficient (Wildman–Crippen LogP) is 1.11. The van der Waals surface area contributed by atoms with Gasteiger partial charge in [0, 0.05) is 6.54 Å². The van der Waals surface area contributed by atoms with Gasteiger partial charge >= 0.3 is 0 Å². The molecule has 5 nitrogen and oxygen atoms in total. The van der Waals surface area contributed by atoms with E-state index < -0.39 is 5.60 Å². The molecule has 1 heterocycles. The molecule has 0 aromatic carbocycles. The number of aromatic amines is 1. The highest BCUT2D eigenvalue weighted by molar-refractivity contribution is 5.93. The lowest BCUT2D eigenvalue weighted by Gasteiger charge is -2.25. The summed E-state index contributed by atoms with van der Waals surface area (Å²) in [6.07, 6.45) is 1.80. The van der Waals surface area contributed by atoms with Gasteiger partial charge in [-0.3, -0.25) is 9.59 Å². The summed E-state index contributed by atoms with van der Waals surface area (Å²) in [5.41, 5.74) is -0.187. The Morgan fingerprint density at radius 2 is 2.12 bits per heavy atom. The van der Waals surface area contributed by atoms with Crippen molar-refractivity contribution in [1.82, 2.24) is 10.3 Å². The highest BCUT2D eigenvalue weighted by Gasteiger charge is 2.23. The normalized spacial score (nSPS) is 11.2. The lowest BCUT2D eigenvalue weighted by Crippen LogP contribution is -2.42. The molecule has 0 aliphatic heterocycles. The third-order valence-electron chi connectivity index (χ3n) is 2.97. The van der Waals surface area contributed by atoms with Crippen LogP contribution in [0, 0.1) is 0 Å². The maximum absolute atomic E-state index is 11.7. The van der Waals surface area contributed by atoms with Gasteiger partial charge < -0.3 is 15.4 Å². The van der Waals surface area contributed by atoms with Crippen molar-refractivity contribution < 1.29 is 14.7 Å². The molecule has 0 unspecified atom stereocenters. The first-order valence-electron chi connectivity index (χ1n) is 5.69. The maximum Gasteiger partial charge on any atom is 0.267 e. The molecule has 0 bridgehead atoms. The van der Waals surface area contributed by atoms with Crippen molar-refractivity contribution in [3.8, 4) is 0 Å². The number of amides is 1. The van der Waals surface area contributed by atoms with Crippen LogP contribution in [0.1, 0.15) is 47.7 Å². The van der Waals surface area contributed by atoms with Gasteiger partial charge in [0.15, 0.2) is 6.29 Å². The number of aromatic nitrogens is 1. The van der Waals surface area contributed by atoms with E-state index >= 15 is 0 Å². The molecule has 1 aromatic rings. The third-order valence-corrected chi connectivity index (χ3v) is 2.97. The zero-order valence-electron chi connectivity index (χ0n) is 10.1. The lowest BCUT2D eigenvalue weighted by molar-refractivity contribution is 0.0313. The average molecular weight is 238 g/mol. The Bertz CT molecular complexity index is 394. The number of rotatable bonds is 6. The van der Waals surface area contributed by atoms with Crippen LogP contribution in [0.5, 0.6) is 0 Å². The average Bonchev–Trinajstić information content (AvgIpc) is 2.84. The van der Waals surface area contributed by atoms with E-state index in [1.165, 1.54) is 12.1 Å². The van der Waals surface area contributed by atoms with Crippen molar-refractivity contribution in [2.45, 2.75) is 32.3 Å². The maximum atomic E-state index is 11.7. The molecule has 0 fully saturated rings. The van der Waals surface area contributed by atoms with Gasteiger partial charge in [0.1, 0.15) is 5.69 Å². The van der Waals surface area contributed by atoms with Crippen molar-refractivity contribution in [3.63, 3.8) is 0 Å². The van der Waals surface area contributed by atoms with Crippen LogP contribution < -0.4 is 5.32 Å². The van der Waals surface area contributed by atoms with Crippen LogP contribution in [-0.2, 0) is 0 Å². The zero-order chi connectivity index (χ0) is 12.9. The minimum Gasteiger partial charge on any atom is -0.388 e. The van der Waals surface area contributed by atoms with Gasteiger partial charge in [0.05, 0.1) is 11.3 Å². The zero-order valence-corrected chi connectivity index (χ0v) is 10.1. The second-order valence-corrected chi connectivity index (χ2v) is 4.06. The molecule has 0 saturated heterocycles. The molecular formula is C12H18N2O3. The van der Waals surface area contributed by atoms with Gasteiger partial charge in [-0.25, -0.2) is 0 Å². The lowest BCUT2D eigenvalue weighted by atomic mass is 9.97. The summed E-state index contributed by atoms with van der Waals surface area (Å²) in [6, 6.07) is 3.07. The minimum absolute atomic E-state index is 0.203. The van der Waals surface area contributed by atoms with E-state index in [2.05, 4.69) is 10.3 Å². The third kappa shape index (κ3) is 3.42. The number of aldehydes is 1. The standard InChI is InChI=1S/C12H18N2O3/c1-3-12(17,4-2)8-13-11(16)10-6-5-9(7-15)14-10/h5-7,14,17H,3-4,8H2,1-2H3,(H,13,16). The Kier molecular flexibility index (Phi) is 4.45. The number of H-pyrrole nitrogens is 1. The number of carbonyl (C=O) groups is 2. The summed E-state index contributed by atoms with van der Waals surface area (Å²) in [5.74, 6) is -0.321. The number of hydrogen-bond donors (Lipinski definition) is 3. The van der Waals surface area contributed by atoms with E-state index in [1.54, 1.807) is 0 Å². The monoisotopic (exact) mass is 238 g/mol. The summed E-state index contributed by atoms with van der Waals surface area (Å²) in [6.45, 7) is 3.94. The molecule has 0 saturated carbocycles. The molecule has 3 N–H and O–H groups in total. The number of nitrogens with one attached hydrogen (secondary N) is 2. The Morgan fingerprint density at radius 3 is 2.59 bits per heavy atom. The van der Waals surface area contributed by atoms with E-state index in [4.69, 9.17) is 0 Å². The molecule has 0 spiro atoms. The van der Waals surface area contributed by atoms with Crippen molar-refractivity contribution in [2.24, 2.45) is 0 Å². The first kappa shape index (κ1) is 13.4. The Labute approximate surface area is 100 Å². The molecule has 94 valence electrons. The highest BCUT2D eigenvalue weighted by atomic mass is 16.3. The summed E-state index contributed by atoms with van der Waals surface area (Å²) in [7, 11) is 0. The van der Waals surface area contributed by atoms with Crippen LogP contribution in [0.4, 0.5) is 0 Å². The largest absolute Gasteiger partial charge is 0.388 e. The summed E-state index contributed by atoms with van der Waals surface area (Å²) >= 11 is 0. The smallest absolute Gasteiger partial charge is 0.267 e. The van der Waals surface area contributed by atoms with E-state index in [0.29, 0.717) is 30.5 Å². The van der Waals surface area contributed by atoms with Gasteiger partial charge in [-0.15, -0.1) is 0 Å². The fourth-order valence-electron chi connectivity index (χ4n) is 1.45. The van der Waals surface area contributed by atoms with Gasteiger partial charge in [-0.05, 0) is 25.0 Å². The second kappa shape index (κ2) is 5.63. The molecule has 5 heteroatoms. The van der Waals surface area contributed by atoms with Gasteiger partial charge in [0.2, 0.25) is 0 Å². The first-order valence-corrected chi connectivity index (χ1v) is 5.69. The summed E-state index contributed by atoms with van der Waals surface area (Å²) in [5, 5.41) is 12.6. The number of hydrogen-bond acceptors (Lipinski definition) is 3. The summed E-state index contributed by atoms with van der Waals surface area (Å²) < 4.78 is 0. The van der Waals surface area contributed by atoms with Crippen LogP contribution in [0.3, 0.4) is 0 Å². The predicted molar refractivity (Wildman–Crippen MR) is 64.0 cm³/mol. The SMILES string of the molecule is CCC(O)(CC)CNC(=O)c1ccc(C=O)[nH]1. The second-order valence-electron chi connectivity index (χ2n) is 4.06. The summed E-state index contributed by atoms with van der Waals surface area (Å²) in [4.78, 5) is 24.8. The fourth-order valence-corrected chi connectivity index (χ4v) is 1.45. The van der Waals surface area contributed by atoms with Crippen molar-refractivity contribution >= 4 is 12.2 Å². The molecule has 1 rings (SSSR count). The van der Waals surface area contributed by atoms with Crippen LogP contribution >= 0.6 is 0 Å². The molecule has 0 aliphatic rings. The van der Waals surface area contributed by atoms with Gasteiger partial charge in [-0.1, -0.05) is 13.8 Å². The van der Waals surface area contributed by atoms with Gasteiger partial charge in [-0.2, -0.15) is 0 Å². The molecule has 17 heavy (non-hydrogen) atoms. The van der Waals surface area contributed by atoms with Crippen molar-refractivity contribution in [3.05, 3.63) is 23.5 Å². The molecule has 1 amide bonds. The minimum atomic E-state index is -0.865. The van der Waals surface area contributed by atoms with E-state index in [9.17, 15) is 14.7 Å². The van der Waals surface area contributed by atoms with Crippen molar-refractivity contribution in [2.75, 3.05) is 6.54 Å². The van der Waals surface area contributed by atoms with Crippen LogP contribution in [0.15, 0.2) is 12.1 Å².